The Labute approximate surface area is 152 Å². The predicted octanol–water partition coefficient (Wildman–Crippen LogP) is 3.99. The molecule has 1 N–H and O–H groups in total. The van der Waals surface area contributed by atoms with Gasteiger partial charge in [-0.25, -0.2) is 26.7 Å². The van der Waals surface area contributed by atoms with Crippen molar-refractivity contribution in [2.45, 2.75) is 51.2 Å². The van der Waals surface area contributed by atoms with Gasteiger partial charge in [0.1, 0.15) is 0 Å². The number of carbonyl (C=O) groups is 2. The smallest absolute Gasteiger partial charge is 0.334 e. The molecular formula is C18H18F5NO3. The summed E-state index contributed by atoms with van der Waals surface area (Å²) in [4.78, 5) is 24.3. The summed E-state index contributed by atoms with van der Waals surface area (Å²) in [5.74, 6) is -13.7. The average molecular weight is 391 g/mol. The minimum absolute atomic E-state index is 0.214. The number of benzene rings is 1. The number of ether oxygens (including phenoxy) is 1. The molecule has 0 heterocycles. The lowest BCUT2D eigenvalue weighted by Crippen LogP contribution is -2.41. The molecule has 0 aromatic heterocycles. The Hall–Kier alpha value is -2.45. The van der Waals surface area contributed by atoms with Crippen molar-refractivity contribution in [1.82, 2.24) is 5.32 Å². The molecule has 4 nitrogen and oxygen atoms in total. The van der Waals surface area contributed by atoms with Gasteiger partial charge in [-0.05, 0) is 19.8 Å². The summed E-state index contributed by atoms with van der Waals surface area (Å²) in [7, 11) is 0. The number of carbonyl (C=O) groups excluding carboxylic acids is 2. The van der Waals surface area contributed by atoms with Crippen molar-refractivity contribution in [3.8, 4) is 0 Å². The fraction of sp³-hybridized carbons (Fsp3) is 0.444. The van der Waals surface area contributed by atoms with Crippen LogP contribution in [0.4, 0.5) is 22.0 Å². The van der Waals surface area contributed by atoms with E-state index in [-0.39, 0.29) is 11.6 Å². The van der Waals surface area contributed by atoms with Crippen LogP contribution in [-0.2, 0) is 14.3 Å². The number of rotatable bonds is 5. The Morgan fingerprint density at radius 1 is 0.963 bits per heavy atom. The van der Waals surface area contributed by atoms with E-state index in [0.717, 1.165) is 19.3 Å². The Morgan fingerprint density at radius 3 is 1.93 bits per heavy atom. The van der Waals surface area contributed by atoms with Crippen molar-refractivity contribution in [3.05, 3.63) is 46.8 Å². The third-order valence-corrected chi connectivity index (χ3v) is 4.27. The number of nitrogens with one attached hydrogen (secondary N) is 1. The molecule has 1 saturated carbocycles. The van der Waals surface area contributed by atoms with E-state index >= 15 is 0 Å². The van der Waals surface area contributed by atoms with Gasteiger partial charge in [0, 0.05) is 11.6 Å². The molecule has 148 valence electrons. The molecule has 1 aliphatic carbocycles. The van der Waals surface area contributed by atoms with Crippen LogP contribution in [0.15, 0.2) is 12.2 Å². The topological polar surface area (TPSA) is 55.4 Å². The Kier molecular flexibility index (Phi) is 6.56. The van der Waals surface area contributed by atoms with Crippen LogP contribution < -0.4 is 5.32 Å². The maximum absolute atomic E-state index is 14.1. The van der Waals surface area contributed by atoms with E-state index in [9.17, 15) is 31.5 Å². The third kappa shape index (κ3) is 4.45. The molecule has 1 atom stereocenters. The fourth-order valence-corrected chi connectivity index (χ4v) is 2.83. The third-order valence-electron chi connectivity index (χ3n) is 4.27. The fourth-order valence-electron chi connectivity index (χ4n) is 2.83. The van der Waals surface area contributed by atoms with Crippen molar-refractivity contribution in [3.63, 3.8) is 0 Å². The van der Waals surface area contributed by atoms with Crippen LogP contribution in [-0.4, -0.2) is 17.9 Å². The summed E-state index contributed by atoms with van der Waals surface area (Å²) in [6, 6.07) is -0.349. The van der Waals surface area contributed by atoms with Gasteiger partial charge in [-0.15, -0.1) is 0 Å². The van der Waals surface area contributed by atoms with E-state index in [0.29, 0.717) is 12.8 Å². The molecular weight excluding hydrogens is 373 g/mol. The highest BCUT2D eigenvalue weighted by atomic mass is 19.2. The molecule has 1 aromatic carbocycles. The summed E-state index contributed by atoms with van der Waals surface area (Å²) in [6.45, 7) is 4.47. The van der Waals surface area contributed by atoms with Gasteiger partial charge in [-0.1, -0.05) is 25.8 Å². The second-order valence-electron chi connectivity index (χ2n) is 6.39. The first-order chi connectivity index (χ1) is 12.6. The zero-order valence-electron chi connectivity index (χ0n) is 14.5. The molecule has 2 rings (SSSR count). The number of esters is 1. The number of hydrogen-bond acceptors (Lipinski definition) is 3. The summed E-state index contributed by atoms with van der Waals surface area (Å²) in [5.41, 5.74) is -1.73. The lowest BCUT2D eigenvalue weighted by Gasteiger charge is -2.26. The van der Waals surface area contributed by atoms with E-state index in [1.165, 1.54) is 6.92 Å². The zero-order chi connectivity index (χ0) is 20.3. The Balaban J connectivity index is 2.45. The van der Waals surface area contributed by atoms with Gasteiger partial charge in [-0.3, -0.25) is 4.79 Å². The SMILES string of the molecule is C=C(C)C(=O)OC(C(=O)NC1CCCCC1)c1c(F)c(F)c(F)c(F)c1F. The van der Waals surface area contributed by atoms with E-state index in [1.807, 2.05) is 0 Å². The monoisotopic (exact) mass is 391 g/mol. The van der Waals surface area contributed by atoms with E-state index in [2.05, 4.69) is 11.9 Å². The number of hydrogen-bond donors (Lipinski definition) is 1. The highest BCUT2D eigenvalue weighted by Crippen LogP contribution is 2.31. The lowest BCUT2D eigenvalue weighted by molar-refractivity contribution is -0.153. The van der Waals surface area contributed by atoms with Gasteiger partial charge >= 0.3 is 5.97 Å². The van der Waals surface area contributed by atoms with Crippen LogP contribution in [0.3, 0.4) is 0 Å². The molecule has 1 fully saturated rings. The van der Waals surface area contributed by atoms with Gasteiger partial charge < -0.3 is 10.1 Å². The minimum atomic E-state index is -2.37. The second kappa shape index (κ2) is 8.49. The highest BCUT2D eigenvalue weighted by molar-refractivity contribution is 5.91. The Bertz CT molecular complexity index is 746. The van der Waals surface area contributed by atoms with Crippen molar-refractivity contribution < 1.29 is 36.3 Å². The van der Waals surface area contributed by atoms with Crippen LogP contribution in [0.1, 0.15) is 50.7 Å². The number of amides is 1. The van der Waals surface area contributed by atoms with Gasteiger partial charge in [0.2, 0.25) is 11.9 Å². The van der Waals surface area contributed by atoms with Crippen LogP contribution >= 0.6 is 0 Å². The molecule has 1 aromatic rings. The lowest BCUT2D eigenvalue weighted by atomic mass is 9.95. The molecule has 0 radical (unpaired) electrons. The van der Waals surface area contributed by atoms with Crippen molar-refractivity contribution in [1.29, 1.82) is 0 Å². The maximum atomic E-state index is 14.1. The van der Waals surface area contributed by atoms with Crippen molar-refractivity contribution >= 4 is 11.9 Å². The van der Waals surface area contributed by atoms with Crippen molar-refractivity contribution in [2.24, 2.45) is 0 Å². The van der Waals surface area contributed by atoms with Gasteiger partial charge in [0.15, 0.2) is 23.3 Å². The van der Waals surface area contributed by atoms with Gasteiger partial charge in [0.25, 0.3) is 5.91 Å². The maximum Gasteiger partial charge on any atom is 0.334 e. The van der Waals surface area contributed by atoms with Gasteiger partial charge in [-0.2, -0.15) is 0 Å². The molecule has 1 unspecified atom stereocenters. The molecule has 0 bridgehead atoms. The summed E-state index contributed by atoms with van der Waals surface area (Å²) in [6.07, 6.45) is 1.40. The minimum Gasteiger partial charge on any atom is -0.444 e. The average Bonchev–Trinajstić information content (AvgIpc) is 2.64. The number of halogens is 5. The van der Waals surface area contributed by atoms with E-state index in [1.54, 1.807) is 0 Å². The molecule has 0 saturated heterocycles. The van der Waals surface area contributed by atoms with Gasteiger partial charge in [0.05, 0.1) is 5.56 Å². The van der Waals surface area contributed by atoms with E-state index in [4.69, 9.17) is 4.74 Å². The largest absolute Gasteiger partial charge is 0.444 e. The first-order valence-electron chi connectivity index (χ1n) is 8.33. The summed E-state index contributed by atoms with van der Waals surface area (Å²) < 4.78 is 73.3. The zero-order valence-corrected chi connectivity index (χ0v) is 14.5. The van der Waals surface area contributed by atoms with Crippen molar-refractivity contribution in [2.75, 3.05) is 0 Å². The van der Waals surface area contributed by atoms with E-state index < -0.39 is 52.6 Å². The summed E-state index contributed by atoms with van der Waals surface area (Å²) in [5, 5.41) is 2.45. The first-order valence-corrected chi connectivity index (χ1v) is 8.33. The van der Waals surface area contributed by atoms with Crippen LogP contribution in [0, 0.1) is 29.1 Å². The second-order valence-corrected chi connectivity index (χ2v) is 6.39. The highest BCUT2D eigenvalue weighted by Gasteiger charge is 2.37. The summed E-state index contributed by atoms with van der Waals surface area (Å²) >= 11 is 0. The quantitative estimate of drug-likeness (QED) is 0.272. The Morgan fingerprint density at radius 2 is 1.44 bits per heavy atom. The molecule has 1 aliphatic rings. The van der Waals surface area contributed by atoms with Crippen LogP contribution in [0.25, 0.3) is 0 Å². The normalized spacial score (nSPS) is 15.9. The van der Waals surface area contributed by atoms with Crippen LogP contribution in [0.2, 0.25) is 0 Å². The molecule has 1 amide bonds. The molecule has 9 heteroatoms. The molecule has 0 aliphatic heterocycles. The molecule has 0 spiro atoms. The predicted molar refractivity (Wildman–Crippen MR) is 84.9 cm³/mol. The van der Waals surface area contributed by atoms with Crippen LogP contribution in [0.5, 0.6) is 0 Å². The molecule has 27 heavy (non-hydrogen) atoms. The standard InChI is InChI=1S/C18H18F5NO3/c1-8(2)18(26)27-16(17(25)24-9-6-4-3-5-7-9)10-11(19)13(21)15(23)14(22)12(10)20/h9,16H,1,3-7H2,2H3,(H,24,25). The first kappa shape index (κ1) is 20.9.